The number of nitrogens with two attached hydrogens (primary N) is 1. The number of fused-ring (bicyclic) bond motifs is 1. The number of rotatable bonds is 4. The number of urea groups is 1. The number of nitrogens with one attached hydrogen (secondary N) is 1. The zero-order valence-electron chi connectivity index (χ0n) is 14.2. The summed E-state index contributed by atoms with van der Waals surface area (Å²) in [6.07, 6.45) is 0. The molecule has 136 valence electrons. The molecular formula is C16H23N5O3S. The van der Waals surface area contributed by atoms with E-state index in [1.54, 1.807) is 4.90 Å². The summed E-state index contributed by atoms with van der Waals surface area (Å²) in [5.74, 6) is 0. The third kappa shape index (κ3) is 3.94. The molecule has 0 aliphatic carbocycles. The lowest BCUT2D eigenvalue weighted by molar-refractivity contribution is 0.172. The minimum Gasteiger partial charge on any atom is -0.343 e. The number of piperazine rings is 1. The molecule has 3 rings (SSSR count). The normalized spacial score (nSPS) is 16.3. The van der Waals surface area contributed by atoms with Crippen LogP contribution in [0.1, 0.15) is 5.69 Å². The van der Waals surface area contributed by atoms with Crippen LogP contribution in [0, 0.1) is 6.92 Å². The molecule has 1 aromatic carbocycles. The van der Waals surface area contributed by atoms with E-state index in [0.29, 0.717) is 26.2 Å². The van der Waals surface area contributed by atoms with Crippen molar-refractivity contribution in [2.24, 2.45) is 5.14 Å². The number of hydrogen-bond acceptors (Lipinski definition) is 3. The molecule has 1 aromatic heterocycles. The van der Waals surface area contributed by atoms with Gasteiger partial charge in [-0.15, -0.1) is 0 Å². The van der Waals surface area contributed by atoms with Crippen molar-refractivity contribution in [1.29, 1.82) is 0 Å². The lowest BCUT2D eigenvalue weighted by Gasteiger charge is -2.32. The third-order valence-corrected chi connectivity index (χ3v) is 5.60. The van der Waals surface area contributed by atoms with Crippen LogP contribution in [0.5, 0.6) is 0 Å². The van der Waals surface area contributed by atoms with Crippen molar-refractivity contribution in [1.82, 2.24) is 19.1 Å². The Balaban J connectivity index is 1.52. The maximum atomic E-state index is 12.2. The van der Waals surface area contributed by atoms with Crippen molar-refractivity contribution in [3.8, 4) is 0 Å². The van der Waals surface area contributed by atoms with Crippen molar-refractivity contribution >= 4 is 27.1 Å². The second-order valence-corrected chi connectivity index (χ2v) is 7.71. The number of hydrogen-bond donors (Lipinski definition) is 2. The molecule has 0 radical (unpaired) electrons. The summed E-state index contributed by atoms with van der Waals surface area (Å²) < 4.78 is 25.9. The molecule has 1 fully saturated rings. The Morgan fingerprint density at radius 2 is 1.88 bits per heavy atom. The Hall–Kier alpha value is -2.10. The fourth-order valence-corrected chi connectivity index (χ4v) is 3.85. The van der Waals surface area contributed by atoms with Crippen molar-refractivity contribution < 1.29 is 13.2 Å². The quantitative estimate of drug-likeness (QED) is 0.824. The first-order chi connectivity index (χ1) is 11.9. The second-order valence-electron chi connectivity index (χ2n) is 6.16. The zero-order chi connectivity index (χ0) is 18.0. The van der Waals surface area contributed by atoms with Crippen LogP contribution in [0.4, 0.5) is 4.79 Å². The fourth-order valence-electron chi connectivity index (χ4n) is 3.18. The van der Waals surface area contributed by atoms with E-state index in [0.717, 1.165) is 11.2 Å². The van der Waals surface area contributed by atoms with Crippen LogP contribution in [0.25, 0.3) is 10.9 Å². The highest BCUT2D eigenvalue weighted by atomic mass is 32.2. The van der Waals surface area contributed by atoms with Crippen LogP contribution in [0.15, 0.2) is 30.3 Å². The molecule has 9 heteroatoms. The highest BCUT2D eigenvalue weighted by Gasteiger charge is 2.26. The number of para-hydroxylation sites is 1. The van der Waals surface area contributed by atoms with Crippen LogP contribution in [0.2, 0.25) is 0 Å². The minimum atomic E-state index is -3.68. The van der Waals surface area contributed by atoms with Crippen LogP contribution < -0.4 is 10.5 Å². The van der Waals surface area contributed by atoms with E-state index in [-0.39, 0.29) is 19.1 Å². The molecule has 0 saturated carbocycles. The Morgan fingerprint density at radius 1 is 1.20 bits per heavy atom. The van der Waals surface area contributed by atoms with E-state index in [2.05, 4.69) is 28.1 Å². The molecule has 1 saturated heterocycles. The maximum Gasteiger partial charge on any atom is 0.317 e. The summed E-state index contributed by atoms with van der Waals surface area (Å²) in [5, 5.41) is 9.19. The highest BCUT2D eigenvalue weighted by Crippen LogP contribution is 2.18. The van der Waals surface area contributed by atoms with Crippen LogP contribution in [-0.4, -0.2) is 60.9 Å². The average molecular weight is 365 g/mol. The number of nitrogens with zero attached hydrogens (tertiary/aromatic N) is 3. The monoisotopic (exact) mass is 365 g/mol. The summed E-state index contributed by atoms with van der Waals surface area (Å²) in [7, 11) is -3.68. The second kappa shape index (κ2) is 7.03. The summed E-state index contributed by atoms with van der Waals surface area (Å²) in [6, 6.07) is 10.1. The van der Waals surface area contributed by atoms with Gasteiger partial charge in [0.1, 0.15) is 0 Å². The molecule has 25 heavy (non-hydrogen) atoms. The molecule has 0 spiro atoms. The summed E-state index contributed by atoms with van der Waals surface area (Å²) in [4.78, 5) is 13.9. The van der Waals surface area contributed by atoms with Crippen LogP contribution in [-0.2, 0) is 16.8 Å². The Bertz CT molecular complexity index is 869. The van der Waals surface area contributed by atoms with Crippen molar-refractivity contribution in [2.45, 2.75) is 13.5 Å². The van der Waals surface area contributed by atoms with Gasteiger partial charge in [0.25, 0.3) is 10.2 Å². The summed E-state index contributed by atoms with van der Waals surface area (Å²) in [6.45, 7) is 4.38. The molecule has 2 aromatic rings. The molecule has 2 heterocycles. The van der Waals surface area contributed by atoms with E-state index in [1.807, 2.05) is 19.1 Å². The Labute approximate surface area is 147 Å². The minimum absolute atomic E-state index is 0.178. The number of aromatic nitrogens is 1. The molecule has 1 aliphatic rings. The standard InChI is InChI=1S/C16H23N5O3S/c1-13-12-14-4-2-3-5-15(14)21(13)7-6-18-16(22)19-8-10-20(11-9-19)25(17,23)24/h2-5,12H,6-11H2,1H3,(H,18,22)(H2,17,23,24). The smallest absolute Gasteiger partial charge is 0.317 e. The van der Waals surface area contributed by atoms with E-state index >= 15 is 0 Å². The van der Waals surface area contributed by atoms with Gasteiger partial charge >= 0.3 is 6.03 Å². The number of aryl methyl sites for hydroxylation is 1. The van der Waals surface area contributed by atoms with Gasteiger partial charge in [0.2, 0.25) is 0 Å². The lowest BCUT2D eigenvalue weighted by atomic mass is 10.2. The number of carbonyl (C=O) groups excluding carboxylic acids is 1. The van der Waals surface area contributed by atoms with Gasteiger partial charge in [0.15, 0.2) is 0 Å². The molecular weight excluding hydrogens is 342 g/mol. The van der Waals surface area contributed by atoms with Gasteiger partial charge in [-0.25, -0.2) is 9.93 Å². The number of benzene rings is 1. The van der Waals surface area contributed by atoms with Crippen molar-refractivity contribution in [2.75, 3.05) is 32.7 Å². The largest absolute Gasteiger partial charge is 0.343 e. The SMILES string of the molecule is Cc1cc2ccccc2n1CCNC(=O)N1CCN(S(N)(=O)=O)CC1. The van der Waals surface area contributed by atoms with Gasteiger partial charge in [-0.3, -0.25) is 0 Å². The van der Waals surface area contributed by atoms with Crippen LogP contribution >= 0.6 is 0 Å². The fraction of sp³-hybridized carbons (Fsp3) is 0.438. The Morgan fingerprint density at radius 3 is 2.56 bits per heavy atom. The molecule has 1 aliphatic heterocycles. The van der Waals surface area contributed by atoms with Gasteiger partial charge < -0.3 is 14.8 Å². The van der Waals surface area contributed by atoms with E-state index in [4.69, 9.17) is 5.14 Å². The first-order valence-corrected chi connectivity index (χ1v) is 9.72. The lowest BCUT2D eigenvalue weighted by Crippen LogP contribution is -2.54. The predicted octanol–water partition coefficient (Wildman–Crippen LogP) is 0.480. The maximum absolute atomic E-state index is 12.2. The van der Waals surface area contributed by atoms with E-state index < -0.39 is 10.2 Å². The van der Waals surface area contributed by atoms with Gasteiger partial charge in [-0.2, -0.15) is 12.7 Å². The van der Waals surface area contributed by atoms with Gasteiger partial charge in [-0.1, -0.05) is 18.2 Å². The van der Waals surface area contributed by atoms with Gasteiger partial charge in [0.05, 0.1) is 0 Å². The van der Waals surface area contributed by atoms with Crippen molar-refractivity contribution in [3.05, 3.63) is 36.0 Å². The van der Waals surface area contributed by atoms with Gasteiger partial charge in [-0.05, 0) is 24.4 Å². The predicted molar refractivity (Wildman–Crippen MR) is 96.3 cm³/mol. The molecule has 3 N–H and O–H groups in total. The third-order valence-electron chi connectivity index (χ3n) is 4.52. The van der Waals surface area contributed by atoms with Crippen molar-refractivity contribution in [3.63, 3.8) is 0 Å². The number of amides is 2. The van der Waals surface area contributed by atoms with Gasteiger partial charge in [0, 0.05) is 50.5 Å². The average Bonchev–Trinajstić information content (AvgIpc) is 2.90. The molecule has 8 nitrogen and oxygen atoms in total. The molecule has 0 atom stereocenters. The molecule has 0 unspecified atom stereocenters. The highest BCUT2D eigenvalue weighted by molar-refractivity contribution is 7.86. The Kier molecular flexibility index (Phi) is 4.98. The first-order valence-electron chi connectivity index (χ1n) is 8.22. The number of carbonyl (C=O) groups is 1. The zero-order valence-corrected chi connectivity index (χ0v) is 15.0. The summed E-state index contributed by atoms with van der Waals surface area (Å²) >= 11 is 0. The topological polar surface area (TPSA) is 101 Å². The van der Waals surface area contributed by atoms with E-state index in [1.165, 1.54) is 9.69 Å². The molecule has 0 bridgehead atoms. The van der Waals surface area contributed by atoms with Crippen LogP contribution in [0.3, 0.4) is 0 Å². The first kappa shape index (κ1) is 17.7. The molecule has 2 amide bonds. The summed E-state index contributed by atoms with van der Waals surface area (Å²) in [5.41, 5.74) is 2.30. The van der Waals surface area contributed by atoms with E-state index in [9.17, 15) is 13.2 Å².